The van der Waals surface area contributed by atoms with Gasteiger partial charge >= 0.3 is 21.4 Å². The molecule has 0 saturated heterocycles. The molecule has 0 aliphatic carbocycles. The van der Waals surface area contributed by atoms with E-state index in [0.717, 1.165) is 6.42 Å². The van der Waals surface area contributed by atoms with Crippen LogP contribution in [0, 0.1) is 17.8 Å². The number of rotatable bonds is 11. The minimum atomic E-state index is -1.97. The molecule has 8 N–H and O–H groups in total. The first kappa shape index (κ1) is 27.1. The normalized spacial score (nSPS) is 14.0. The molecule has 0 amide bonds. The van der Waals surface area contributed by atoms with E-state index in [1.807, 2.05) is 0 Å². The number of hydrogen-bond acceptors (Lipinski definition) is 8. The lowest BCUT2D eigenvalue weighted by Crippen LogP contribution is -2.49. The van der Waals surface area contributed by atoms with Crippen molar-refractivity contribution in [2.24, 2.45) is 17.8 Å². The van der Waals surface area contributed by atoms with Gasteiger partial charge in [0.15, 0.2) is 0 Å². The zero-order valence-electron chi connectivity index (χ0n) is 19.0. The molecular weight excluding hydrogens is 429 g/mol. The minimum absolute atomic E-state index is 0.0466. The van der Waals surface area contributed by atoms with Gasteiger partial charge in [0.2, 0.25) is 5.56 Å². The molecule has 10 nitrogen and oxygen atoms in total. The first-order valence-corrected chi connectivity index (χ1v) is 11.0. The standard InChI is InChI=1S/C20H31B3N2O8/c1-11(4-6-14-8-9-17(22(30)31)24-19(14)26)13(3)12(2)5-7-15-10-16(21(28)29)20(27)25-18(15)23(32)33/h8-13,28-33H,4-7H2,1-3H3,(H,24,26)(H,25,27). The van der Waals surface area contributed by atoms with Crippen molar-refractivity contribution in [1.82, 2.24) is 9.97 Å². The molecule has 0 aliphatic heterocycles. The lowest BCUT2D eigenvalue weighted by Gasteiger charge is -2.26. The van der Waals surface area contributed by atoms with Gasteiger partial charge in [0.05, 0.1) is 5.59 Å². The Labute approximate surface area is 192 Å². The molecule has 3 atom stereocenters. The number of nitrogens with one attached hydrogen (secondary N) is 2. The van der Waals surface area contributed by atoms with Crippen molar-refractivity contribution in [2.45, 2.75) is 46.5 Å². The molecule has 0 spiro atoms. The number of aromatic amines is 2. The number of pyridine rings is 2. The Morgan fingerprint density at radius 3 is 1.82 bits per heavy atom. The van der Waals surface area contributed by atoms with Crippen molar-refractivity contribution < 1.29 is 30.1 Å². The lowest BCUT2D eigenvalue weighted by atomic mass is 9.74. The summed E-state index contributed by atoms with van der Waals surface area (Å²) in [7, 11) is -5.58. The Morgan fingerprint density at radius 2 is 1.33 bits per heavy atom. The van der Waals surface area contributed by atoms with E-state index in [1.54, 1.807) is 6.07 Å². The van der Waals surface area contributed by atoms with Crippen LogP contribution in [0.25, 0.3) is 0 Å². The molecule has 0 saturated carbocycles. The van der Waals surface area contributed by atoms with Crippen LogP contribution in [0.15, 0.2) is 27.8 Å². The van der Waals surface area contributed by atoms with Crippen LogP contribution in [-0.4, -0.2) is 61.5 Å². The summed E-state index contributed by atoms with van der Waals surface area (Å²) >= 11 is 0. The van der Waals surface area contributed by atoms with Gasteiger partial charge in [-0.3, -0.25) is 9.59 Å². The smallest absolute Gasteiger partial charge is 0.423 e. The first-order chi connectivity index (χ1) is 15.4. The summed E-state index contributed by atoms with van der Waals surface area (Å²) in [5.41, 5.74) is -0.410. The second-order valence-electron chi connectivity index (χ2n) is 8.77. The van der Waals surface area contributed by atoms with Crippen molar-refractivity contribution in [2.75, 3.05) is 0 Å². The van der Waals surface area contributed by atoms with Gasteiger partial charge in [0, 0.05) is 16.6 Å². The fourth-order valence-electron chi connectivity index (χ4n) is 3.95. The quantitative estimate of drug-likeness (QED) is 0.159. The van der Waals surface area contributed by atoms with Crippen LogP contribution in [-0.2, 0) is 12.8 Å². The highest BCUT2D eigenvalue weighted by Gasteiger charge is 2.25. The summed E-state index contributed by atoms with van der Waals surface area (Å²) in [6.07, 6.45) is 2.33. The molecule has 2 aromatic rings. The van der Waals surface area contributed by atoms with Crippen molar-refractivity contribution in [3.63, 3.8) is 0 Å². The molecule has 0 fully saturated rings. The molecular formula is C20H31B3N2O8. The first-order valence-electron chi connectivity index (χ1n) is 11.0. The fourth-order valence-corrected chi connectivity index (χ4v) is 3.95. The molecule has 3 unspecified atom stereocenters. The van der Waals surface area contributed by atoms with Crippen molar-refractivity contribution in [1.29, 1.82) is 0 Å². The van der Waals surface area contributed by atoms with E-state index < -0.39 is 26.9 Å². The Bertz CT molecular complexity index is 1040. The summed E-state index contributed by atoms with van der Waals surface area (Å²) in [6.45, 7) is 6.25. The maximum absolute atomic E-state index is 12.1. The van der Waals surface area contributed by atoms with Gasteiger partial charge in [0.1, 0.15) is 0 Å². The molecule has 0 radical (unpaired) electrons. The average Bonchev–Trinajstić information content (AvgIpc) is 2.75. The number of H-pyrrole nitrogens is 2. The molecule has 2 heterocycles. The average molecular weight is 460 g/mol. The Hall–Kier alpha value is -2.15. The minimum Gasteiger partial charge on any atom is -0.423 e. The summed E-state index contributed by atoms with van der Waals surface area (Å²) < 4.78 is 0. The highest BCUT2D eigenvalue weighted by molar-refractivity contribution is 6.60. The van der Waals surface area contributed by atoms with E-state index >= 15 is 0 Å². The largest absolute Gasteiger partial charge is 0.506 e. The van der Waals surface area contributed by atoms with Crippen LogP contribution < -0.4 is 27.8 Å². The van der Waals surface area contributed by atoms with Gasteiger partial charge in [0.25, 0.3) is 5.56 Å². The van der Waals surface area contributed by atoms with Gasteiger partial charge in [-0.05, 0) is 55.1 Å². The van der Waals surface area contributed by atoms with Gasteiger partial charge in [-0.15, -0.1) is 0 Å². The van der Waals surface area contributed by atoms with E-state index in [2.05, 4.69) is 30.7 Å². The van der Waals surface area contributed by atoms with Gasteiger partial charge in [-0.2, -0.15) is 0 Å². The van der Waals surface area contributed by atoms with Crippen LogP contribution >= 0.6 is 0 Å². The lowest BCUT2D eigenvalue weighted by molar-refractivity contribution is 0.254. The summed E-state index contributed by atoms with van der Waals surface area (Å²) in [4.78, 5) is 28.8. The Kier molecular flexibility index (Phi) is 9.71. The third-order valence-electron chi connectivity index (χ3n) is 6.55. The molecule has 178 valence electrons. The Morgan fingerprint density at radius 1 is 0.758 bits per heavy atom. The van der Waals surface area contributed by atoms with E-state index in [9.17, 15) is 29.7 Å². The van der Waals surface area contributed by atoms with Crippen molar-refractivity contribution >= 4 is 38.0 Å². The van der Waals surface area contributed by atoms with Crippen molar-refractivity contribution in [3.8, 4) is 0 Å². The second kappa shape index (κ2) is 11.8. The van der Waals surface area contributed by atoms with Crippen LogP contribution in [0.5, 0.6) is 0 Å². The molecule has 2 aromatic heterocycles. The maximum Gasteiger partial charge on any atom is 0.506 e. The fraction of sp³-hybridized carbons (Fsp3) is 0.500. The predicted molar refractivity (Wildman–Crippen MR) is 128 cm³/mol. The summed E-state index contributed by atoms with van der Waals surface area (Å²) in [5, 5.41) is 56.2. The van der Waals surface area contributed by atoms with Crippen LogP contribution in [0.3, 0.4) is 0 Å². The molecule has 0 aromatic carbocycles. The van der Waals surface area contributed by atoms with E-state index in [0.29, 0.717) is 30.4 Å². The molecule has 33 heavy (non-hydrogen) atoms. The number of aromatic nitrogens is 2. The highest BCUT2D eigenvalue weighted by Crippen LogP contribution is 2.27. The molecule has 0 bridgehead atoms. The van der Waals surface area contributed by atoms with Crippen LogP contribution in [0.1, 0.15) is 44.7 Å². The second-order valence-corrected chi connectivity index (χ2v) is 8.77. The maximum atomic E-state index is 12.1. The monoisotopic (exact) mass is 460 g/mol. The Balaban J connectivity index is 2.01. The molecule has 2 rings (SSSR count). The topological polar surface area (TPSA) is 187 Å². The van der Waals surface area contributed by atoms with E-state index in [1.165, 1.54) is 12.1 Å². The van der Waals surface area contributed by atoms with E-state index in [4.69, 9.17) is 10.0 Å². The number of aryl methyl sites for hydroxylation is 2. The SMILES string of the molecule is CC(CCc1cc(B(O)O)c(=O)[nH]c1B(O)O)C(C)C(C)CCc1ccc(B(O)O)[nH]c1=O. The molecule has 0 aliphatic rings. The van der Waals surface area contributed by atoms with Gasteiger partial charge < -0.3 is 40.1 Å². The van der Waals surface area contributed by atoms with Gasteiger partial charge in [-0.1, -0.05) is 32.9 Å². The molecule has 13 heteroatoms. The van der Waals surface area contributed by atoms with E-state index in [-0.39, 0.29) is 40.0 Å². The zero-order valence-corrected chi connectivity index (χ0v) is 19.0. The van der Waals surface area contributed by atoms with Gasteiger partial charge in [-0.25, -0.2) is 0 Å². The van der Waals surface area contributed by atoms with Crippen LogP contribution in [0.4, 0.5) is 0 Å². The third kappa shape index (κ3) is 7.17. The van der Waals surface area contributed by atoms with Crippen LogP contribution in [0.2, 0.25) is 0 Å². The van der Waals surface area contributed by atoms with Crippen molar-refractivity contribution in [3.05, 3.63) is 50.0 Å². The third-order valence-corrected chi connectivity index (χ3v) is 6.55. The predicted octanol–water partition coefficient (Wildman–Crippen LogP) is -3.42. The summed E-state index contributed by atoms with van der Waals surface area (Å²) in [5.74, 6) is 0.731. The summed E-state index contributed by atoms with van der Waals surface area (Å²) in [6, 6.07) is 4.37. The zero-order chi connectivity index (χ0) is 24.9. The highest BCUT2D eigenvalue weighted by atomic mass is 16.4. The number of hydrogen-bond donors (Lipinski definition) is 8.